The molecule has 3 nitrogen and oxygen atoms in total. The molecule has 25 heavy (non-hydrogen) atoms. The fourth-order valence-corrected chi connectivity index (χ4v) is 3.80. The Labute approximate surface area is 150 Å². The number of nitrogens with zero attached hydrogens (tertiary/aromatic N) is 2. The highest BCUT2D eigenvalue weighted by atomic mass is 19.1. The molecule has 0 aliphatic heterocycles. The maximum Gasteiger partial charge on any atom is 0.212 e. The maximum atomic E-state index is 13.4. The number of halogens is 1. The molecule has 1 heterocycles. The Morgan fingerprint density at radius 3 is 2.76 bits per heavy atom. The minimum Gasteiger partial charge on any atom is -0.473 e. The lowest BCUT2D eigenvalue weighted by atomic mass is 9.85. The fourth-order valence-electron chi connectivity index (χ4n) is 3.80. The molecule has 4 heteroatoms. The van der Waals surface area contributed by atoms with Crippen molar-refractivity contribution in [1.82, 2.24) is 9.78 Å². The predicted octanol–water partition coefficient (Wildman–Crippen LogP) is 5.70. The Morgan fingerprint density at radius 2 is 2.04 bits per heavy atom. The van der Waals surface area contributed by atoms with Gasteiger partial charge >= 0.3 is 0 Å². The van der Waals surface area contributed by atoms with E-state index in [0.29, 0.717) is 18.6 Å². The zero-order chi connectivity index (χ0) is 17.6. The lowest BCUT2D eigenvalue weighted by Crippen LogP contribution is -2.21. The summed E-state index contributed by atoms with van der Waals surface area (Å²) in [7, 11) is 0. The number of hydrogen-bond acceptors (Lipinski definition) is 2. The van der Waals surface area contributed by atoms with Crippen molar-refractivity contribution in [2.75, 3.05) is 0 Å². The third-order valence-corrected chi connectivity index (χ3v) is 5.25. The van der Waals surface area contributed by atoms with Crippen LogP contribution in [0.5, 0.6) is 5.88 Å². The lowest BCUT2D eigenvalue weighted by Gasteiger charge is -2.28. The average Bonchev–Trinajstić information content (AvgIpc) is 3.03. The zero-order valence-electron chi connectivity index (χ0n) is 15.4. The molecule has 1 unspecified atom stereocenters. The molecule has 0 spiro atoms. The summed E-state index contributed by atoms with van der Waals surface area (Å²) in [6, 6.07) is 8.99. The number of ether oxygens (including phenoxy) is 1. The third-order valence-electron chi connectivity index (χ3n) is 5.25. The first-order chi connectivity index (χ1) is 12.2. The van der Waals surface area contributed by atoms with Crippen LogP contribution in [0, 0.1) is 11.7 Å². The van der Waals surface area contributed by atoms with Gasteiger partial charge in [0.05, 0.1) is 11.7 Å². The predicted molar refractivity (Wildman–Crippen MR) is 98.2 cm³/mol. The van der Waals surface area contributed by atoms with Gasteiger partial charge in [-0.2, -0.15) is 5.10 Å². The Hall–Kier alpha value is -1.84. The van der Waals surface area contributed by atoms with Gasteiger partial charge in [0.1, 0.15) is 12.4 Å². The van der Waals surface area contributed by atoms with Gasteiger partial charge in [-0.3, -0.25) is 0 Å². The van der Waals surface area contributed by atoms with Gasteiger partial charge in [0.2, 0.25) is 5.88 Å². The van der Waals surface area contributed by atoms with Gasteiger partial charge in [0.25, 0.3) is 0 Å². The Morgan fingerprint density at radius 1 is 1.24 bits per heavy atom. The van der Waals surface area contributed by atoms with Crippen molar-refractivity contribution in [2.45, 2.75) is 71.4 Å². The molecular weight excluding hydrogens is 315 g/mol. The summed E-state index contributed by atoms with van der Waals surface area (Å²) < 4.78 is 21.5. The van der Waals surface area contributed by atoms with Crippen LogP contribution in [0.25, 0.3) is 0 Å². The average molecular weight is 344 g/mol. The van der Waals surface area contributed by atoms with E-state index in [1.54, 1.807) is 6.07 Å². The first-order valence-electron chi connectivity index (χ1n) is 9.63. The molecule has 1 aromatic carbocycles. The smallest absolute Gasteiger partial charge is 0.212 e. The van der Waals surface area contributed by atoms with Gasteiger partial charge in [-0.15, -0.1) is 0 Å². The summed E-state index contributed by atoms with van der Waals surface area (Å²) in [5, 5.41) is 4.82. The van der Waals surface area contributed by atoms with E-state index in [1.807, 2.05) is 6.07 Å². The summed E-state index contributed by atoms with van der Waals surface area (Å²) in [6.07, 6.45) is 8.56. The molecule has 0 amide bonds. The number of benzene rings is 1. The van der Waals surface area contributed by atoms with Crippen LogP contribution in [-0.4, -0.2) is 9.78 Å². The first kappa shape index (κ1) is 18.0. The highest BCUT2D eigenvalue weighted by molar-refractivity contribution is 5.20. The van der Waals surface area contributed by atoms with Gasteiger partial charge in [-0.05, 0) is 49.8 Å². The molecule has 136 valence electrons. The van der Waals surface area contributed by atoms with Crippen LogP contribution in [0.1, 0.15) is 69.7 Å². The summed E-state index contributed by atoms with van der Waals surface area (Å²) in [5.74, 6) is 1.25. The number of hydrogen-bond donors (Lipinski definition) is 0. The molecule has 0 bridgehead atoms. The van der Waals surface area contributed by atoms with Crippen LogP contribution in [0.2, 0.25) is 0 Å². The third kappa shape index (κ3) is 4.62. The van der Waals surface area contributed by atoms with Crippen molar-refractivity contribution in [3.8, 4) is 5.88 Å². The minimum absolute atomic E-state index is 0.225. The van der Waals surface area contributed by atoms with Gasteiger partial charge < -0.3 is 4.74 Å². The molecular formula is C21H29FN2O. The fraction of sp³-hybridized carbons (Fsp3) is 0.571. The van der Waals surface area contributed by atoms with Gasteiger partial charge in [-0.25, -0.2) is 9.07 Å². The standard InChI is InChI=1S/C21H29FN2O/c1-3-8-20-14-21(25-15-17-9-7-12-19(22)13-17)24(23-20)16(2)18-10-5-4-6-11-18/h7,9,12-14,16,18H,3-6,8,10-11,15H2,1-2H3. The van der Waals surface area contributed by atoms with E-state index in [-0.39, 0.29) is 5.82 Å². The molecule has 1 aliphatic rings. The molecule has 1 atom stereocenters. The van der Waals surface area contributed by atoms with E-state index in [9.17, 15) is 4.39 Å². The molecule has 0 radical (unpaired) electrons. The SMILES string of the molecule is CCCc1cc(OCc2cccc(F)c2)n(C(C)C2CCCCC2)n1. The summed E-state index contributed by atoms with van der Waals surface area (Å²) in [4.78, 5) is 0. The van der Waals surface area contributed by atoms with E-state index in [1.165, 1.54) is 44.2 Å². The summed E-state index contributed by atoms with van der Waals surface area (Å²) >= 11 is 0. The van der Waals surface area contributed by atoms with Crippen LogP contribution < -0.4 is 4.74 Å². The second kappa shape index (κ2) is 8.50. The molecule has 1 aliphatic carbocycles. The largest absolute Gasteiger partial charge is 0.473 e. The first-order valence-corrected chi connectivity index (χ1v) is 9.63. The maximum absolute atomic E-state index is 13.4. The Bertz CT molecular complexity index is 676. The van der Waals surface area contributed by atoms with Crippen molar-refractivity contribution in [1.29, 1.82) is 0 Å². The van der Waals surface area contributed by atoms with Crippen molar-refractivity contribution in [2.24, 2.45) is 5.92 Å². The van der Waals surface area contributed by atoms with Crippen LogP contribution in [0.3, 0.4) is 0 Å². The molecule has 3 rings (SSSR count). The molecule has 0 saturated heterocycles. The normalized spacial score (nSPS) is 16.8. The van der Waals surface area contributed by atoms with Gasteiger partial charge in [-0.1, -0.05) is 44.7 Å². The number of aromatic nitrogens is 2. The van der Waals surface area contributed by atoms with E-state index in [2.05, 4.69) is 24.6 Å². The highest BCUT2D eigenvalue weighted by Gasteiger charge is 2.24. The van der Waals surface area contributed by atoms with Crippen LogP contribution in [0.15, 0.2) is 30.3 Å². The van der Waals surface area contributed by atoms with Crippen LogP contribution >= 0.6 is 0 Å². The van der Waals surface area contributed by atoms with Crippen molar-refractivity contribution < 1.29 is 9.13 Å². The topological polar surface area (TPSA) is 27.1 Å². The number of aryl methyl sites for hydroxylation is 1. The Balaban J connectivity index is 1.76. The van der Waals surface area contributed by atoms with Crippen molar-refractivity contribution >= 4 is 0 Å². The molecule has 1 fully saturated rings. The second-order valence-electron chi connectivity index (χ2n) is 7.23. The molecule has 1 saturated carbocycles. The monoisotopic (exact) mass is 344 g/mol. The zero-order valence-corrected chi connectivity index (χ0v) is 15.4. The number of rotatable bonds is 7. The van der Waals surface area contributed by atoms with E-state index >= 15 is 0 Å². The minimum atomic E-state index is -0.225. The molecule has 2 aromatic rings. The van der Waals surface area contributed by atoms with E-state index in [0.717, 1.165) is 30.0 Å². The highest BCUT2D eigenvalue weighted by Crippen LogP contribution is 2.35. The van der Waals surface area contributed by atoms with E-state index in [4.69, 9.17) is 9.84 Å². The molecule has 0 N–H and O–H groups in total. The van der Waals surface area contributed by atoms with Crippen molar-refractivity contribution in [3.63, 3.8) is 0 Å². The van der Waals surface area contributed by atoms with E-state index < -0.39 is 0 Å². The summed E-state index contributed by atoms with van der Waals surface area (Å²) in [6.45, 7) is 4.79. The lowest BCUT2D eigenvalue weighted by molar-refractivity contribution is 0.209. The van der Waals surface area contributed by atoms with Crippen molar-refractivity contribution in [3.05, 3.63) is 47.4 Å². The van der Waals surface area contributed by atoms with Crippen LogP contribution in [0.4, 0.5) is 4.39 Å². The summed E-state index contributed by atoms with van der Waals surface area (Å²) in [5.41, 5.74) is 1.93. The van der Waals surface area contributed by atoms with Crippen LogP contribution in [-0.2, 0) is 13.0 Å². The van der Waals surface area contributed by atoms with Gasteiger partial charge in [0, 0.05) is 6.07 Å². The Kier molecular flexibility index (Phi) is 6.11. The second-order valence-corrected chi connectivity index (χ2v) is 7.23. The molecule has 1 aromatic heterocycles. The quantitative estimate of drug-likeness (QED) is 0.644. The van der Waals surface area contributed by atoms with Gasteiger partial charge in [0.15, 0.2) is 0 Å².